The van der Waals surface area contributed by atoms with Crippen molar-refractivity contribution in [3.8, 4) is 0 Å². The molecule has 1 aromatic heterocycles. The summed E-state index contributed by atoms with van der Waals surface area (Å²) in [6, 6.07) is 2.04. The Morgan fingerprint density at radius 3 is 3.11 bits per heavy atom. The summed E-state index contributed by atoms with van der Waals surface area (Å²) in [6.07, 6.45) is 4.32. The number of nitrogens with zero attached hydrogens (tertiary/aromatic N) is 1. The Labute approximate surface area is 112 Å². The average Bonchev–Trinajstić information content (AvgIpc) is 2.78. The predicted octanol–water partition coefficient (Wildman–Crippen LogP) is 3.39. The van der Waals surface area contributed by atoms with E-state index in [9.17, 15) is 4.79 Å². The van der Waals surface area contributed by atoms with E-state index in [4.69, 9.17) is 0 Å². The second-order valence-electron chi connectivity index (χ2n) is 5.05. The topological polar surface area (TPSA) is 41.5 Å². The van der Waals surface area contributed by atoms with E-state index in [2.05, 4.69) is 17.5 Å². The Morgan fingerprint density at radius 2 is 2.39 bits per heavy atom. The molecule has 1 aliphatic carbocycles. The number of carbonyl (C=O) groups is 1. The molecule has 1 amide bonds. The van der Waals surface area contributed by atoms with E-state index in [1.54, 1.807) is 11.3 Å². The Morgan fingerprint density at radius 1 is 1.61 bits per heavy atom. The summed E-state index contributed by atoms with van der Waals surface area (Å²) in [6.45, 7) is 6.22. The number of rotatable bonds is 3. The number of fused-ring (bicyclic) bond motifs is 1. The summed E-state index contributed by atoms with van der Waals surface area (Å²) in [5, 5.41) is 4.06. The zero-order valence-electron chi connectivity index (χ0n) is 11.2. The molecule has 0 aromatic carbocycles. The standard InChI is InChI=1S/C14H20N2OS/c1-4-10(3)15-16-14(17)13-8-11-7-9(2)5-6-12(11)18-13/h8-9H,4-7H2,1-3H3,(H,16,17)/b15-10-/t9-/m0/s1. The van der Waals surface area contributed by atoms with Crippen molar-refractivity contribution in [3.05, 3.63) is 21.4 Å². The van der Waals surface area contributed by atoms with Gasteiger partial charge in [0.05, 0.1) is 4.88 Å². The molecule has 98 valence electrons. The van der Waals surface area contributed by atoms with E-state index in [0.29, 0.717) is 0 Å². The lowest BCUT2D eigenvalue weighted by molar-refractivity contribution is 0.0958. The van der Waals surface area contributed by atoms with Crippen molar-refractivity contribution in [3.63, 3.8) is 0 Å². The van der Waals surface area contributed by atoms with Crippen LogP contribution >= 0.6 is 11.3 Å². The van der Waals surface area contributed by atoms with Gasteiger partial charge in [0.25, 0.3) is 5.91 Å². The van der Waals surface area contributed by atoms with Crippen LogP contribution in [0.3, 0.4) is 0 Å². The predicted molar refractivity (Wildman–Crippen MR) is 76.4 cm³/mol. The molecule has 1 heterocycles. The lowest BCUT2D eigenvalue weighted by Gasteiger charge is -2.16. The Balaban J connectivity index is 2.08. The molecule has 1 aliphatic rings. The number of aryl methyl sites for hydroxylation is 1. The Bertz CT molecular complexity index is 476. The monoisotopic (exact) mass is 264 g/mol. The first-order chi connectivity index (χ1) is 8.60. The first-order valence-corrected chi connectivity index (χ1v) is 7.37. The van der Waals surface area contributed by atoms with Gasteiger partial charge in [0.15, 0.2) is 0 Å². The molecule has 0 radical (unpaired) electrons. The fraction of sp³-hybridized carbons (Fsp3) is 0.571. The van der Waals surface area contributed by atoms with Crippen molar-refractivity contribution >= 4 is 23.0 Å². The molecule has 0 spiro atoms. The minimum atomic E-state index is -0.0742. The third kappa shape index (κ3) is 2.99. The lowest BCUT2D eigenvalue weighted by atomic mass is 9.90. The summed E-state index contributed by atoms with van der Waals surface area (Å²) in [4.78, 5) is 14.1. The van der Waals surface area contributed by atoms with E-state index in [1.807, 2.05) is 19.9 Å². The van der Waals surface area contributed by atoms with Crippen molar-refractivity contribution < 1.29 is 4.79 Å². The van der Waals surface area contributed by atoms with Gasteiger partial charge >= 0.3 is 0 Å². The normalized spacial score (nSPS) is 19.5. The fourth-order valence-corrected chi connectivity index (χ4v) is 3.20. The molecular formula is C14H20N2OS. The summed E-state index contributed by atoms with van der Waals surface area (Å²) in [5.74, 6) is 0.665. The van der Waals surface area contributed by atoms with Gasteiger partial charge in [-0.2, -0.15) is 5.10 Å². The Kier molecular flexibility index (Phi) is 4.17. The zero-order chi connectivity index (χ0) is 13.1. The molecular weight excluding hydrogens is 244 g/mol. The van der Waals surface area contributed by atoms with Gasteiger partial charge < -0.3 is 0 Å². The maximum absolute atomic E-state index is 12.0. The minimum absolute atomic E-state index is 0.0742. The first kappa shape index (κ1) is 13.3. The molecule has 0 bridgehead atoms. The number of hydrazone groups is 1. The van der Waals surface area contributed by atoms with Crippen LogP contribution < -0.4 is 5.43 Å². The second-order valence-corrected chi connectivity index (χ2v) is 6.19. The highest BCUT2D eigenvalue weighted by Crippen LogP contribution is 2.32. The van der Waals surface area contributed by atoms with Crippen LogP contribution in [0.4, 0.5) is 0 Å². The van der Waals surface area contributed by atoms with E-state index in [0.717, 1.165) is 35.8 Å². The minimum Gasteiger partial charge on any atom is -0.266 e. The van der Waals surface area contributed by atoms with Crippen LogP contribution in [-0.4, -0.2) is 11.6 Å². The van der Waals surface area contributed by atoms with Gasteiger partial charge in [0.1, 0.15) is 0 Å². The third-order valence-electron chi connectivity index (χ3n) is 3.41. The molecule has 0 aliphatic heterocycles. The lowest BCUT2D eigenvalue weighted by Crippen LogP contribution is -2.17. The van der Waals surface area contributed by atoms with Gasteiger partial charge in [-0.05, 0) is 50.2 Å². The largest absolute Gasteiger partial charge is 0.281 e. The third-order valence-corrected chi connectivity index (χ3v) is 4.65. The summed E-state index contributed by atoms with van der Waals surface area (Å²) >= 11 is 1.62. The van der Waals surface area contributed by atoms with Gasteiger partial charge in [0, 0.05) is 10.6 Å². The second kappa shape index (κ2) is 5.65. The van der Waals surface area contributed by atoms with E-state index in [1.165, 1.54) is 16.9 Å². The number of hydrogen-bond acceptors (Lipinski definition) is 3. The highest BCUT2D eigenvalue weighted by Gasteiger charge is 2.20. The number of hydrogen-bond donors (Lipinski definition) is 1. The maximum atomic E-state index is 12.0. The zero-order valence-corrected chi connectivity index (χ0v) is 12.1. The fourth-order valence-electron chi connectivity index (χ4n) is 2.10. The summed E-state index contributed by atoms with van der Waals surface area (Å²) in [5.41, 5.74) is 4.93. The van der Waals surface area contributed by atoms with Crippen LogP contribution in [-0.2, 0) is 12.8 Å². The van der Waals surface area contributed by atoms with Crippen LogP contribution in [0, 0.1) is 5.92 Å². The van der Waals surface area contributed by atoms with Crippen LogP contribution in [0.25, 0.3) is 0 Å². The smallest absolute Gasteiger partial charge is 0.266 e. The first-order valence-electron chi connectivity index (χ1n) is 6.55. The van der Waals surface area contributed by atoms with Crippen LogP contribution in [0.15, 0.2) is 11.2 Å². The van der Waals surface area contributed by atoms with Crippen molar-refractivity contribution in [1.29, 1.82) is 0 Å². The number of carbonyl (C=O) groups excluding carboxylic acids is 1. The molecule has 0 saturated heterocycles. The molecule has 0 fully saturated rings. The molecule has 3 nitrogen and oxygen atoms in total. The molecule has 18 heavy (non-hydrogen) atoms. The maximum Gasteiger partial charge on any atom is 0.281 e. The summed E-state index contributed by atoms with van der Waals surface area (Å²) < 4.78 is 0. The quantitative estimate of drug-likeness (QED) is 0.660. The molecule has 0 saturated carbocycles. The molecule has 0 unspecified atom stereocenters. The van der Waals surface area contributed by atoms with E-state index < -0.39 is 0 Å². The van der Waals surface area contributed by atoms with Gasteiger partial charge in [-0.15, -0.1) is 11.3 Å². The Hall–Kier alpha value is -1.16. The van der Waals surface area contributed by atoms with E-state index in [-0.39, 0.29) is 5.91 Å². The van der Waals surface area contributed by atoms with Gasteiger partial charge in [-0.3, -0.25) is 4.79 Å². The van der Waals surface area contributed by atoms with Crippen LogP contribution in [0.2, 0.25) is 0 Å². The highest BCUT2D eigenvalue weighted by molar-refractivity contribution is 7.14. The molecule has 1 aromatic rings. The van der Waals surface area contributed by atoms with Gasteiger partial charge in [-0.1, -0.05) is 13.8 Å². The van der Waals surface area contributed by atoms with Crippen molar-refractivity contribution in [1.82, 2.24) is 5.43 Å². The van der Waals surface area contributed by atoms with Crippen LogP contribution in [0.1, 0.15) is 53.7 Å². The van der Waals surface area contributed by atoms with Crippen LogP contribution in [0.5, 0.6) is 0 Å². The molecule has 4 heteroatoms. The number of amides is 1. The van der Waals surface area contributed by atoms with Crippen molar-refractivity contribution in [2.45, 2.75) is 46.5 Å². The molecule has 1 atom stereocenters. The number of nitrogens with one attached hydrogen (secondary N) is 1. The van der Waals surface area contributed by atoms with Crippen molar-refractivity contribution in [2.75, 3.05) is 0 Å². The SMILES string of the molecule is CC/C(C)=N\NC(=O)c1cc2c(s1)CC[C@H](C)C2. The van der Waals surface area contributed by atoms with Crippen molar-refractivity contribution in [2.24, 2.45) is 11.0 Å². The van der Waals surface area contributed by atoms with Gasteiger partial charge in [0.2, 0.25) is 0 Å². The van der Waals surface area contributed by atoms with Gasteiger partial charge in [-0.25, -0.2) is 5.43 Å². The van der Waals surface area contributed by atoms with E-state index >= 15 is 0 Å². The molecule has 1 N–H and O–H groups in total. The summed E-state index contributed by atoms with van der Waals surface area (Å²) in [7, 11) is 0. The highest BCUT2D eigenvalue weighted by atomic mass is 32.1. The molecule has 2 rings (SSSR count). The number of thiophene rings is 1. The average molecular weight is 264 g/mol.